The summed E-state index contributed by atoms with van der Waals surface area (Å²) in [6.45, 7) is 3.36. The smallest absolute Gasteiger partial charge is 0.191 e. The second kappa shape index (κ2) is 7.89. The second-order valence-corrected chi connectivity index (χ2v) is 8.77. The van der Waals surface area contributed by atoms with Crippen molar-refractivity contribution in [3.05, 3.63) is 35.9 Å². The molecule has 4 atom stereocenters. The largest absolute Gasteiger partial charge is 0.390 e. The third-order valence-electron chi connectivity index (χ3n) is 5.54. The molecule has 2 fully saturated rings. The Morgan fingerprint density at radius 1 is 1.24 bits per heavy atom. The topological polar surface area (TPSA) is 101 Å². The molecule has 1 aliphatic carbocycles. The van der Waals surface area contributed by atoms with Gasteiger partial charge in [0.2, 0.25) is 0 Å². The predicted molar refractivity (Wildman–Crippen MR) is 113 cm³/mol. The molecule has 29 heavy (non-hydrogen) atoms. The van der Waals surface area contributed by atoms with Crippen LogP contribution < -0.4 is 10.6 Å². The lowest BCUT2D eigenvalue weighted by Gasteiger charge is -2.14. The van der Waals surface area contributed by atoms with E-state index in [0.717, 1.165) is 29.6 Å². The monoisotopic (exact) mass is 411 g/mol. The number of hydrogen-bond acceptors (Lipinski definition) is 8. The summed E-state index contributed by atoms with van der Waals surface area (Å²) in [4.78, 5) is 9.48. The number of aliphatic hydroxyl groups is 1. The first-order valence-electron chi connectivity index (χ1n) is 10.2. The van der Waals surface area contributed by atoms with Crippen LogP contribution in [0.15, 0.2) is 35.5 Å². The van der Waals surface area contributed by atoms with Crippen molar-refractivity contribution in [1.82, 2.24) is 30.3 Å². The van der Waals surface area contributed by atoms with Crippen molar-refractivity contribution in [2.75, 3.05) is 24.2 Å². The highest BCUT2D eigenvalue weighted by Crippen LogP contribution is 2.43. The van der Waals surface area contributed by atoms with E-state index in [1.807, 2.05) is 6.07 Å². The number of aromatic nitrogens is 5. The first-order valence-corrected chi connectivity index (χ1v) is 11.2. The summed E-state index contributed by atoms with van der Waals surface area (Å²) < 4.78 is 1.75. The molecule has 1 aliphatic heterocycles. The zero-order valence-electron chi connectivity index (χ0n) is 16.3. The van der Waals surface area contributed by atoms with E-state index in [1.54, 1.807) is 16.4 Å². The lowest BCUT2D eigenvalue weighted by Crippen LogP contribution is -2.23. The lowest BCUT2D eigenvalue weighted by atomic mass is 10.1. The Balaban J connectivity index is 1.46. The van der Waals surface area contributed by atoms with Crippen LogP contribution in [0.4, 0.5) is 5.82 Å². The van der Waals surface area contributed by atoms with Crippen LogP contribution in [0.25, 0.3) is 11.2 Å². The van der Waals surface area contributed by atoms with Gasteiger partial charge in [0.05, 0.1) is 12.1 Å². The van der Waals surface area contributed by atoms with Gasteiger partial charge in [-0.1, -0.05) is 54.2 Å². The van der Waals surface area contributed by atoms with E-state index < -0.39 is 6.10 Å². The van der Waals surface area contributed by atoms with E-state index in [2.05, 4.69) is 52.1 Å². The van der Waals surface area contributed by atoms with E-state index in [0.29, 0.717) is 36.2 Å². The Labute approximate surface area is 173 Å². The average molecular weight is 412 g/mol. The first-order chi connectivity index (χ1) is 14.2. The molecule has 152 valence electrons. The molecule has 2 aliphatic rings. The summed E-state index contributed by atoms with van der Waals surface area (Å²) in [7, 11) is 0. The number of fused-ring (bicyclic) bond motifs is 1. The summed E-state index contributed by atoms with van der Waals surface area (Å²) >= 11 is 1.64. The van der Waals surface area contributed by atoms with Gasteiger partial charge in [-0.3, -0.25) is 0 Å². The van der Waals surface area contributed by atoms with Gasteiger partial charge in [0.25, 0.3) is 0 Å². The van der Waals surface area contributed by atoms with Crippen molar-refractivity contribution in [2.24, 2.45) is 0 Å². The summed E-state index contributed by atoms with van der Waals surface area (Å²) in [5.74, 6) is 2.18. The molecule has 0 bridgehead atoms. The van der Waals surface area contributed by atoms with Crippen molar-refractivity contribution in [2.45, 2.75) is 49.0 Å². The average Bonchev–Trinajstić information content (AvgIpc) is 3.17. The Kier molecular flexibility index (Phi) is 5.11. The molecule has 0 radical (unpaired) electrons. The first kappa shape index (κ1) is 18.8. The third-order valence-corrected chi connectivity index (χ3v) is 6.60. The van der Waals surface area contributed by atoms with E-state index >= 15 is 0 Å². The van der Waals surface area contributed by atoms with Gasteiger partial charge in [0.15, 0.2) is 22.1 Å². The number of thioether (sulfide) groups is 1. The van der Waals surface area contributed by atoms with Crippen LogP contribution >= 0.6 is 11.8 Å². The highest BCUT2D eigenvalue weighted by molar-refractivity contribution is 7.99. The van der Waals surface area contributed by atoms with E-state index in [4.69, 9.17) is 9.97 Å². The predicted octanol–water partition coefficient (Wildman–Crippen LogP) is 2.20. The Bertz CT molecular complexity index is 995. The number of rotatable bonds is 7. The summed E-state index contributed by atoms with van der Waals surface area (Å²) in [6.07, 6.45) is 1.63. The summed E-state index contributed by atoms with van der Waals surface area (Å²) in [5, 5.41) is 26.5. The minimum absolute atomic E-state index is 0.162. The van der Waals surface area contributed by atoms with Crippen molar-refractivity contribution in [3.8, 4) is 0 Å². The van der Waals surface area contributed by atoms with Gasteiger partial charge < -0.3 is 15.7 Å². The highest BCUT2D eigenvalue weighted by Gasteiger charge is 2.39. The molecule has 9 heteroatoms. The van der Waals surface area contributed by atoms with Crippen LogP contribution in [0, 0.1) is 0 Å². The molecule has 1 saturated carbocycles. The Morgan fingerprint density at radius 2 is 2.10 bits per heavy atom. The van der Waals surface area contributed by atoms with Crippen molar-refractivity contribution < 1.29 is 5.11 Å². The van der Waals surface area contributed by atoms with Gasteiger partial charge in [-0.25, -0.2) is 14.6 Å². The minimum Gasteiger partial charge on any atom is -0.390 e. The fraction of sp³-hybridized carbons (Fsp3) is 0.500. The molecule has 3 N–H and O–H groups in total. The number of hydrogen-bond donors (Lipinski definition) is 3. The normalized spacial score (nSPS) is 26.1. The maximum Gasteiger partial charge on any atom is 0.191 e. The van der Waals surface area contributed by atoms with Gasteiger partial charge in [-0.15, -0.1) is 5.10 Å². The molecular formula is C20H25N7OS. The number of β-amino-alcohol motifs (C(OH)–C–C–N with tert-alkyl or cyclic N) is 1. The molecule has 3 heterocycles. The molecule has 3 aromatic rings. The number of benzene rings is 1. The maximum absolute atomic E-state index is 10.3. The zero-order valence-corrected chi connectivity index (χ0v) is 17.1. The third kappa shape index (κ3) is 3.70. The van der Waals surface area contributed by atoms with E-state index in [-0.39, 0.29) is 6.04 Å². The molecule has 5 rings (SSSR count). The molecule has 8 nitrogen and oxygen atoms in total. The van der Waals surface area contributed by atoms with Crippen LogP contribution in [0.1, 0.15) is 37.3 Å². The fourth-order valence-corrected chi connectivity index (χ4v) is 4.58. The molecule has 1 saturated heterocycles. The molecule has 0 unspecified atom stereocenters. The van der Waals surface area contributed by atoms with Crippen LogP contribution in [0.5, 0.6) is 0 Å². The maximum atomic E-state index is 10.3. The molecule has 0 spiro atoms. The van der Waals surface area contributed by atoms with Gasteiger partial charge in [-0.2, -0.15) is 0 Å². The lowest BCUT2D eigenvalue weighted by molar-refractivity contribution is 0.145. The van der Waals surface area contributed by atoms with Crippen LogP contribution in [-0.4, -0.2) is 61.1 Å². The SMILES string of the molecule is CCCSc1nc(N[C@@H]2C[C@H]2c2ccccc2)c2nnn([C@H]3CNC[C@@H]3O)c2n1. The molecular weight excluding hydrogens is 386 g/mol. The summed E-state index contributed by atoms with van der Waals surface area (Å²) in [5.41, 5.74) is 2.70. The van der Waals surface area contributed by atoms with Gasteiger partial charge in [-0.05, 0) is 18.4 Å². The quantitative estimate of drug-likeness (QED) is 0.402. The Morgan fingerprint density at radius 3 is 2.86 bits per heavy atom. The van der Waals surface area contributed by atoms with Crippen LogP contribution in [0.3, 0.4) is 0 Å². The molecule has 2 aromatic heterocycles. The van der Waals surface area contributed by atoms with E-state index in [1.165, 1.54) is 5.56 Å². The number of nitrogens with one attached hydrogen (secondary N) is 2. The molecule has 0 amide bonds. The Hall–Kier alpha value is -2.23. The fourth-order valence-electron chi connectivity index (χ4n) is 3.89. The number of anilines is 1. The highest BCUT2D eigenvalue weighted by atomic mass is 32.2. The van der Waals surface area contributed by atoms with Gasteiger partial charge in [0.1, 0.15) is 0 Å². The minimum atomic E-state index is -0.496. The van der Waals surface area contributed by atoms with Crippen molar-refractivity contribution in [1.29, 1.82) is 0 Å². The second-order valence-electron chi connectivity index (χ2n) is 7.71. The van der Waals surface area contributed by atoms with Crippen molar-refractivity contribution in [3.63, 3.8) is 0 Å². The van der Waals surface area contributed by atoms with Gasteiger partial charge in [0, 0.05) is 30.8 Å². The van der Waals surface area contributed by atoms with Crippen LogP contribution in [-0.2, 0) is 0 Å². The van der Waals surface area contributed by atoms with Gasteiger partial charge >= 0.3 is 0 Å². The van der Waals surface area contributed by atoms with Crippen molar-refractivity contribution >= 4 is 28.7 Å². The zero-order chi connectivity index (χ0) is 19.8. The standard InChI is InChI=1S/C20H25N7OS/c1-2-8-29-20-23-18(22-14-9-13(14)12-6-4-3-5-7-12)17-19(24-20)27(26-25-17)15-10-21-11-16(15)28/h3-7,13-16,21,28H,2,8-11H2,1H3,(H,22,23,24)/t13-,14+,15-,16-/m0/s1. The van der Waals surface area contributed by atoms with E-state index in [9.17, 15) is 5.11 Å². The number of aliphatic hydroxyl groups excluding tert-OH is 1. The molecule has 1 aromatic carbocycles. The summed E-state index contributed by atoms with van der Waals surface area (Å²) in [6, 6.07) is 10.7. The van der Waals surface area contributed by atoms with Crippen LogP contribution in [0.2, 0.25) is 0 Å². The number of nitrogens with zero attached hydrogens (tertiary/aromatic N) is 5.